The fourth-order valence-corrected chi connectivity index (χ4v) is 4.41. The number of fused-ring (bicyclic) bond motifs is 1. The summed E-state index contributed by atoms with van der Waals surface area (Å²) in [5, 5.41) is 4.85. The molecule has 0 spiro atoms. The highest BCUT2D eigenvalue weighted by molar-refractivity contribution is 5.80. The zero-order chi connectivity index (χ0) is 22.2. The molecule has 2 heterocycles. The van der Waals surface area contributed by atoms with Crippen LogP contribution in [0.4, 0.5) is 8.78 Å². The standard InChI is InChI=1S/C25H26F2N4O/c1-29(25(32)17-6-7-17)16-23-21-15-30(14-18-4-2-3-5-22(18)27)13-12-24(21)31(28-23)20-10-8-19(26)9-11-20/h2-5,8-11,17H,6-7,12-16H2,1H3. The molecule has 7 heteroatoms. The van der Waals surface area contributed by atoms with Crippen LogP contribution in [-0.4, -0.2) is 39.1 Å². The van der Waals surface area contributed by atoms with Gasteiger partial charge in [-0.2, -0.15) is 5.10 Å². The number of hydrogen-bond acceptors (Lipinski definition) is 3. The van der Waals surface area contributed by atoms with Crippen molar-refractivity contribution in [3.8, 4) is 5.69 Å². The Labute approximate surface area is 186 Å². The second kappa shape index (κ2) is 8.47. The molecule has 0 unspecified atom stereocenters. The maximum absolute atomic E-state index is 14.2. The average Bonchev–Trinajstić information content (AvgIpc) is 3.58. The molecule has 0 N–H and O–H groups in total. The van der Waals surface area contributed by atoms with Crippen molar-refractivity contribution in [3.05, 3.63) is 82.7 Å². The van der Waals surface area contributed by atoms with Crippen LogP contribution in [0.25, 0.3) is 5.69 Å². The Morgan fingerprint density at radius 1 is 1.12 bits per heavy atom. The first-order valence-electron chi connectivity index (χ1n) is 11.1. The van der Waals surface area contributed by atoms with E-state index in [-0.39, 0.29) is 23.5 Å². The minimum Gasteiger partial charge on any atom is -0.340 e. The summed E-state index contributed by atoms with van der Waals surface area (Å²) >= 11 is 0. The van der Waals surface area contributed by atoms with Crippen LogP contribution in [0, 0.1) is 17.6 Å². The third kappa shape index (κ3) is 4.17. The lowest BCUT2D eigenvalue weighted by Crippen LogP contribution is -2.32. The van der Waals surface area contributed by atoms with Gasteiger partial charge in [-0.3, -0.25) is 9.69 Å². The van der Waals surface area contributed by atoms with E-state index in [1.807, 2.05) is 23.9 Å². The fourth-order valence-electron chi connectivity index (χ4n) is 4.41. The monoisotopic (exact) mass is 436 g/mol. The first-order valence-corrected chi connectivity index (χ1v) is 11.1. The maximum Gasteiger partial charge on any atom is 0.225 e. The van der Waals surface area contributed by atoms with Gasteiger partial charge in [-0.05, 0) is 43.2 Å². The van der Waals surface area contributed by atoms with E-state index in [4.69, 9.17) is 5.10 Å². The van der Waals surface area contributed by atoms with Gasteiger partial charge in [-0.15, -0.1) is 0 Å². The van der Waals surface area contributed by atoms with Crippen molar-refractivity contribution in [2.45, 2.75) is 38.9 Å². The molecule has 3 aromatic rings. The van der Waals surface area contributed by atoms with E-state index in [0.29, 0.717) is 25.2 Å². The molecule has 1 fully saturated rings. The molecule has 0 atom stereocenters. The molecule has 0 radical (unpaired) electrons. The highest BCUT2D eigenvalue weighted by atomic mass is 19.1. The normalized spacial score (nSPS) is 16.1. The Balaban J connectivity index is 1.45. The van der Waals surface area contributed by atoms with Crippen molar-refractivity contribution in [2.24, 2.45) is 5.92 Å². The summed E-state index contributed by atoms with van der Waals surface area (Å²) in [5.41, 5.74) is 4.46. The van der Waals surface area contributed by atoms with E-state index in [0.717, 1.165) is 48.4 Å². The highest BCUT2D eigenvalue weighted by Gasteiger charge is 2.33. The number of rotatable bonds is 6. The summed E-state index contributed by atoms with van der Waals surface area (Å²) in [6, 6.07) is 13.2. The molecule has 1 aromatic heterocycles. The summed E-state index contributed by atoms with van der Waals surface area (Å²) < 4.78 is 29.5. The molecular weight excluding hydrogens is 410 g/mol. The first kappa shape index (κ1) is 20.8. The van der Waals surface area contributed by atoms with E-state index >= 15 is 0 Å². The first-order chi connectivity index (χ1) is 15.5. The zero-order valence-corrected chi connectivity index (χ0v) is 18.1. The van der Waals surface area contributed by atoms with Crippen molar-refractivity contribution in [1.29, 1.82) is 0 Å². The van der Waals surface area contributed by atoms with E-state index in [1.54, 1.807) is 23.1 Å². The molecule has 1 aliphatic carbocycles. The average molecular weight is 437 g/mol. The lowest BCUT2D eigenvalue weighted by atomic mass is 10.0. The van der Waals surface area contributed by atoms with Crippen LogP contribution in [0.1, 0.15) is 35.4 Å². The number of carbonyl (C=O) groups is 1. The molecule has 1 saturated carbocycles. The van der Waals surface area contributed by atoms with Crippen LogP contribution in [0.5, 0.6) is 0 Å². The molecular formula is C25H26F2N4O. The third-order valence-corrected chi connectivity index (χ3v) is 6.33. The van der Waals surface area contributed by atoms with Crippen LogP contribution in [0.15, 0.2) is 48.5 Å². The van der Waals surface area contributed by atoms with E-state index in [9.17, 15) is 13.6 Å². The molecule has 2 aromatic carbocycles. The number of amides is 1. The second-order valence-corrected chi connectivity index (χ2v) is 8.78. The number of hydrogen-bond donors (Lipinski definition) is 0. The van der Waals surface area contributed by atoms with Gasteiger partial charge >= 0.3 is 0 Å². The van der Waals surface area contributed by atoms with Crippen molar-refractivity contribution >= 4 is 5.91 Å². The number of halogens is 2. The van der Waals surface area contributed by atoms with E-state index in [2.05, 4.69) is 4.90 Å². The highest BCUT2D eigenvalue weighted by Crippen LogP contribution is 2.32. The molecule has 5 nitrogen and oxygen atoms in total. The Morgan fingerprint density at radius 2 is 1.88 bits per heavy atom. The third-order valence-electron chi connectivity index (χ3n) is 6.33. The number of carbonyl (C=O) groups excluding carboxylic acids is 1. The molecule has 0 saturated heterocycles. The predicted molar refractivity (Wildman–Crippen MR) is 117 cm³/mol. The Morgan fingerprint density at radius 3 is 2.59 bits per heavy atom. The molecule has 1 aliphatic heterocycles. The zero-order valence-electron chi connectivity index (χ0n) is 18.1. The fraction of sp³-hybridized carbons (Fsp3) is 0.360. The van der Waals surface area contributed by atoms with Crippen molar-refractivity contribution in [3.63, 3.8) is 0 Å². The van der Waals surface area contributed by atoms with Crippen molar-refractivity contribution in [2.75, 3.05) is 13.6 Å². The van der Waals surface area contributed by atoms with Crippen LogP contribution < -0.4 is 0 Å². The summed E-state index contributed by atoms with van der Waals surface area (Å²) in [6.45, 7) is 2.35. The summed E-state index contributed by atoms with van der Waals surface area (Å²) in [4.78, 5) is 16.5. The lowest BCUT2D eigenvalue weighted by Gasteiger charge is -2.28. The molecule has 0 bridgehead atoms. The van der Waals surface area contributed by atoms with Crippen LogP contribution in [0.3, 0.4) is 0 Å². The number of nitrogens with zero attached hydrogens (tertiary/aromatic N) is 4. The van der Waals surface area contributed by atoms with Gasteiger partial charge in [-0.25, -0.2) is 13.5 Å². The molecule has 1 amide bonds. The van der Waals surface area contributed by atoms with Gasteiger partial charge in [0, 0.05) is 50.1 Å². The Hall–Kier alpha value is -3.06. The van der Waals surface area contributed by atoms with Gasteiger partial charge in [0.2, 0.25) is 5.91 Å². The minimum absolute atomic E-state index is 0.146. The van der Waals surface area contributed by atoms with Gasteiger partial charge in [0.05, 0.1) is 23.6 Å². The molecule has 166 valence electrons. The summed E-state index contributed by atoms with van der Waals surface area (Å²) in [7, 11) is 1.82. The van der Waals surface area contributed by atoms with Crippen LogP contribution >= 0.6 is 0 Å². The lowest BCUT2D eigenvalue weighted by molar-refractivity contribution is -0.131. The van der Waals surface area contributed by atoms with Gasteiger partial charge in [-0.1, -0.05) is 18.2 Å². The topological polar surface area (TPSA) is 41.4 Å². The quantitative estimate of drug-likeness (QED) is 0.585. The smallest absolute Gasteiger partial charge is 0.225 e. The second-order valence-electron chi connectivity index (χ2n) is 8.78. The maximum atomic E-state index is 14.2. The van der Waals surface area contributed by atoms with E-state index < -0.39 is 0 Å². The van der Waals surface area contributed by atoms with Crippen LogP contribution in [0.2, 0.25) is 0 Å². The Bertz CT molecular complexity index is 1140. The molecule has 2 aliphatic rings. The SMILES string of the molecule is CN(Cc1nn(-c2ccc(F)cc2)c2c1CN(Cc1ccccc1F)CC2)C(=O)C1CC1. The largest absolute Gasteiger partial charge is 0.340 e. The minimum atomic E-state index is -0.291. The number of benzene rings is 2. The summed E-state index contributed by atoms with van der Waals surface area (Å²) in [5.74, 6) is -0.183. The van der Waals surface area contributed by atoms with Gasteiger partial charge in [0.25, 0.3) is 0 Å². The van der Waals surface area contributed by atoms with Gasteiger partial charge in [0.1, 0.15) is 11.6 Å². The van der Waals surface area contributed by atoms with Crippen LogP contribution in [-0.2, 0) is 30.8 Å². The van der Waals surface area contributed by atoms with Gasteiger partial charge in [0.15, 0.2) is 0 Å². The van der Waals surface area contributed by atoms with Crippen molar-refractivity contribution in [1.82, 2.24) is 19.6 Å². The summed E-state index contributed by atoms with van der Waals surface area (Å²) in [6.07, 6.45) is 2.66. The molecule has 32 heavy (non-hydrogen) atoms. The van der Waals surface area contributed by atoms with Crippen molar-refractivity contribution < 1.29 is 13.6 Å². The molecule has 5 rings (SSSR count). The van der Waals surface area contributed by atoms with E-state index in [1.165, 1.54) is 18.2 Å². The Kier molecular flexibility index (Phi) is 5.51. The van der Waals surface area contributed by atoms with Gasteiger partial charge < -0.3 is 4.90 Å². The predicted octanol–water partition coefficient (Wildman–Crippen LogP) is 4.08. The number of aromatic nitrogens is 2.